The fourth-order valence-electron chi connectivity index (χ4n) is 4.42. The van der Waals surface area contributed by atoms with Crippen LogP contribution in [0.15, 0.2) is 102 Å². The van der Waals surface area contributed by atoms with E-state index in [4.69, 9.17) is 0 Å². The number of nitrogens with one attached hydrogen (secondary N) is 3. The fraction of sp³-hybridized carbons (Fsp3) is 0.324. The number of ether oxygens (including phenoxy) is 1. The number of carbonyl (C=O) groups is 3. The third-order valence-corrected chi connectivity index (χ3v) is 6.64. The van der Waals surface area contributed by atoms with Crippen molar-refractivity contribution in [2.75, 3.05) is 6.54 Å². The topological polar surface area (TPSA) is 117 Å². The Bertz CT molecular complexity index is 1500. The van der Waals surface area contributed by atoms with Crippen molar-refractivity contribution in [1.29, 1.82) is 0 Å². The average Bonchev–Trinajstić information content (AvgIpc) is 2.98. The summed E-state index contributed by atoms with van der Waals surface area (Å²) in [5, 5.41) is 19.2. The molecule has 0 bridgehead atoms. The van der Waals surface area contributed by atoms with E-state index in [1.165, 1.54) is 18.2 Å². The maximum absolute atomic E-state index is 13.4. The highest BCUT2D eigenvalue weighted by Gasteiger charge is 2.31. The molecule has 8 nitrogen and oxygen atoms in total. The Labute approximate surface area is 260 Å². The second-order valence-electron chi connectivity index (χ2n) is 10.7. The van der Waals surface area contributed by atoms with Crippen molar-refractivity contribution in [3.8, 4) is 5.75 Å². The Hall–Kier alpha value is -4.98. The van der Waals surface area contributed by atoms with Crippen molar-refractivity contribution in [2.24, 2.45) is 5.92 Å². The lowest BCUT2D eigenvalue weighted by Gasteiger charge is -2.26. The van der Waals surface area contributed by atoms with Gasteiger partial charge in [-0.15, -0.1) is 13.2 Å². The van der Waals surface area contributed by atoms with E-state index in [1.54, 1.807) is 19.9 Å². The van der Waals surface area contributed by atoms with E-state index in [1.807, 2.05) is 42.5 Å². The Morgan fingerprint density at radius 2 is 1.73 bits per heavy atom. The molecule has 3 rings (SSSR count). The van der Waals surface area contributed by atoms with Crippen molar-refractivity contribution < 1.29 is 37.4 Å². The molecule has 0 aliphatic heterocycles. The van der Waals surface area contributed by atoms with Crippen LogP contribution in [0.5, 0.6) is 5.75 Å². The lowest BCUT2D eigenvalue weighted by molar-refractivity contribution is -0.274. The number of alkyl halides is 3. The SMILES string of the molecule is CC(C)[C@H](NC(=O)Cc1cccc(OC(F)(F)F)c1)C(=O)N[C@@H](Cc1ccccc1)/C(O)=C/CC(=O)NCCC1=C=C=CC=C1. The number of amides is 3. The van der Waals surface area contributed by atoms with Gasteiger partial charge in [0.1, 0.15) is 17.6 Å². The van der Waals surface area contributed by atoms with Gasteiger partial charge in [-0.1, -0.05) is 73.9 Å². The van der Waals surface area contributed by atoms with Gasteiger partial charge < -0.3 is 25.8 Å². The van der Waals surface area contributed by atoms with E-state index in [0.717, 1.165) is 23.3 Å². The van der Waals surface area contributed by atoms with Gasteiger partial charge in [0.15, 0.2) is 0 Å². The van der Waals surface area contributed by atoms with Crippen LogP contribution in [0, 0.1) is 5.92 Å². The summed E-state index contributed by atoms with van der Waals surface area (Å²) in [5.74, 6) is -2.53. The van der Waals surface area contributed by atoms with Gasteiger partial charge in [0.25, 0.3) is 0 Å². The molecule has 2 aromatic carbocycles. The van der Waals surface area contributed by atoms with Crippen LogP contribution in [-0.2, 0) is 27.2 Å². The van der Waals surface area contributed by atoms with Crippen LogP contribution in [0.3, 0.4) is 0 Å². The summed E-state index contributed by atoms with van der Waals surface area (Å²) in [6.45, 7) is 3.82. The van der Waals surface area contributed by atoms with Gasteiger partial charge >= 0.3 is 6.36 Å². The lowest BCUT2D eigenvalue weighted by atomic mass is 9.99. The van der Waals surface area contributed by atoms with E-state index in [-0.39, 0.29) is 42.4 Å². The number of halogens is 3. The minimum atomic E-state index is -4.87. The number of rotatable bonds is 15. The second-order valence-corrected chi connectivity index (χ2v) is 10.7. The molecule has 0 spiro atoms. The molecule has 238 valence electrons. The van der Waals surface area contributed by atoms with Gasteiger partial charge in [0.2, 0.25) is 17.7 Å². The number of carbonyl (C=O) groups excluding carboxylic acids is 3. The van der Waals surface area contributed by atoms with Crippen LogP contribution in [0.1, 0.15) is 37.8 Å². The average molecular weight is 624 g/mol. The van der Waals surface area contributed by atoms with E-state index >= 15 is 0 Å². The molecule has 4 N–H and O–H groups in total. The van der Waals surface area contributed by atoms with Crippen molar-refractivity contribution in [2.45, 2.75) is 58.0 Å². The normalized spacial score (nSPS) is 14.0. The molecule has 45 heavy (non-hydrogen) atoms. The molecule has 11 heteroatoms. The molecule has 0 heterocycles. The fourth-order valence-corrected chi connectivity index (χ4v) is 4.42. The van der Waals surface area contributed by atoms with Crippen LogP contribution in [0.25, 0.3) is 0 Å². The first-order valence-corrected chi connectivity index (χ1v) is 14.4. The Kier molecular flexibility index (Phi) is 12.8. The van der Waals surface area contributed by atoms with Crippen LogP contribution in [-0.4, -0.2) is 47.8 Å². The maximum atomic E-state index is 13.4. The number of aliphatic hydroxyl groups is 1. The first kappa shape index (κ1) is 34.5. The number of allylic oxidation sites excluding steroid dienone is 3. The third-order valence-electron chi connectivity index (χ3n) is 6.64. The zero-order valence-electron chi connectivity index (χ0n) is 25.0. The summed E-state index contributed by atoms with van der Waals surface area (Å²) in [7, 11) is 0. The molecule has 1 aliphatic carbocycles. The van der Waals surface area contributed by atoms with E-state index in [2.05, 4.69) is 32.1 Å². The molecular weight excluding hydrogens is 587 g/mol. The molecule has 0 saturated heterocycles. The number of hydrogen-bond donors (Lipinski definition) is 4. The van der Waals surface area contributed by atoms with Crippen molar-refractivity contribution in [3.63, 3.8) is 0 Å². The zero-order chi connectivity index (χ0) is 32.8. The quantitative estimate of drug-likeness (QED) is 0.162. The minimum absolute atomic E-state index is 0.126. The van der Waals surface area contributed by atoms with Crippen LogP contribution in [0.2, 0.25) is 0 Å². The maximum Gasteiger partial charge on any atom is 0.573 e. The largest absolute Gasteiger partial charge is 0.573 e. The summed E-state index contributed by atoms with van der Waals surface area (Å²) in [6.07, 6.45) is 2.27. The van der Waals surface area contributed by atoms with Crippen LogP contribution < -0.4 is 20.7 Å². The van der Waals surface area contributed by atoms with Crippen molar-refractivity contribution in [1.82, 2.24) is 16.0 Å². The summed E-state index contributed by atoms with van der Waals surface area (Å²) < 4.78 is 41.7. The summed E-state index contributed by atoms with van der Waals surface area (Å²) in [6, 6.07) is 12.2. The molecular formula is C34H36F3N3O5. The third kappa shape index (κ3) is 12.6. The van der Waals surface area contributed by atoms with Gasteiger partial charge in [-0.3, -0.25) is 14.4 Å². The highest BCUT2D eigenvalue weighted by Crippen LogP contribution is 2.23. The molecule has 0 aromatic heterocycles. The summed E-state index contributed by atoms with van der Waals surface area (Å²) in [4.78, 5) is 38.7. The predicted molar refractivity (Wildman–Crippen MR) is 163 cm³/mol. The molecule has 3 amide bonds. The Morgan fingerprint density at radius 1 is 1.00 bits per heavy atom. The highest BCUT2D eigenvalue weighted by molar-refractivity contribution is 5.89. The highest BCUT2D eigenvalue weighted by atomic mass is 19.4. The Balaban J connectivity index is 1.65. The molecule has 0 saturated carbocycles. The van der Waals surface area contributed by atoms with Gasteiger partial charge in [0, 0.05) is 18.5 Å². The molecule has 0 fully saturated rings. The molecule has 2 aromatic rings. The number of benzene rings is 2. The van der Waals surface area contributed by atoms with Crippen molar-refractivity contribution >= 4 is 17.7 Å². The van der Waals surface area contributed by atoms with Gasteiger partial charge in [-0.25, -0.2) is 0 Å². The van der Waals surface area contributed by atoms with Gasteiger partial charge in [0.05, 0.1) is 12.5 Å². The standard InChI is InChI=1S/C34H36F3N3O5/c1-23(2)32(40-31(43)22-26-14-9-15-27(20-26)45-34(35,36)37)33(44)39-28(21-25-12-7-4-8-13-25)29(41)16-17-30(42)38-19-18-24-10-5-3-6-11-24/h3-5,7-10,12-16,20,23,28,32,41H,17-19,21-22H2,1-2H3,(H,38,42)(H,39,44)(H,40,43)/b29-16-/t28-,32-/m0/s1. The molecule has 2 atom stereocenters. The second kappa shape index (κ2) is 16.8. The van der Waals surface area contributed by atoms with Gasteiger partial charge in [-0.2, -0.15) is 0 Å². The molecule has 0 radical (unpaired) electrons. The minimum Gasteiger partial charge on any atom is -0.510 e. The monoisotopic (exact) mass is 623 g/mol. The molecule has 0 unspecified atom stereocenters. The van der Waals surface area contributed by atoms with E-state index < -0.39 is 36.0 Å². The summed E-state index contributed by atoms with van der Waals surface area (Å²) in [5.41, 5.74) is 7.79. The van der Waals surface area contributed by atoms with Crippen LogP contribution in [0.4, 0.5) is 13.2 Å². The predicted octanol–water partition coefficient (Wildman–Crippen LogP) is 5.14. The Morgan fingerprint density at radius 3 is 2.40 bits per heavy atom. The van der Waals surface area contributed by atoms with Gasteiger partial charge in [-0.05, 0) is 60.2 Å². The number of aliphatic hydroxyl groups excluding tert-OH is 1. The van der Waals surface area contributed by atoms with E-state index in [0.29, 0.717) is 13.0 Å². The smallest absolute Gasteiger partial charge is 0.510 e. The zero-order valence-corrected chi connectivity index (χ0v) is 25.0. The molecule has 1 aliphatic rings. The lowest BCUT2D eigenvalue weighted by Crippen LogP contribution is -2.53. The summed E-state index contributed by atoms with van der Waals surface area (Å²) >= 11 is 0. The number of hydrogen-bond acceptors (Lipinski definition) is 5. The van der Waals surface area contributed by atoms with E-state index in [9.17, 15) is 32.7 Å². The first-order chi connectivity index (χ1) is 21.4. The van der Waals surface area contributed by atoms with Crippen LogP contribution >= 0.6 is 0 Å². The van der Waals surface area contributed by atoms with Crippen molar-refractivity contribution in [3.05, 3.63) is 113 Å². The first-order valence-electron chi connectivity index (χ1n) is 14.4.